The Labute approximate surface area is 256 Å². The molecule has 0 amide bonds. The SMILES string of the molecule is CCN1CCc2c(N)c([N+](=O)[O-])cc(Br)c2C1.CCN1CCc2c([NH-])c([N+](=O)[O-])cc(Br)c2C1.[Ac]. The van der Waals surface area contributed by atoms with Crippen molar-refractivity contribution in [2.24, 2.45) is 0 Å². The molecule has 10 nitrogen and oxygen atoms in total. The summed E-state index contributed by atoms with van der Waals surface area (Å²) in [6.07, 6.45) is 1.48. The number of nitro groups is 2. The molecule has 0 aliphatic carbocycles. The van der Waals surface area contributed by atoms with Crippen molar-refractivity contribution < 1.29 is 53.9 Å². The van der Waals surface area contributed by atoms with Crippen LogP contribution in [0, 0.1) is 64.3 Å². The number of fused-ring (bicyclic) bond motifs is 2. The van der Waals surface area contributed by atoms with Crippen LogP contribution in [0.4, 0.5) is 22.7 Å². The standard InChI is InChI=1S/C11H14BrN3O2.C11H13BrN3O2.Ac/c2*1-2-14-4-3-7-8(6-14)9(12)5-10(11(7)13)15(16)17;/h5H,2-4,6,13H2,1H3;5,13H,2-4,6H2,1H3;/q;-1;. The van der Waals surface area contributed by atoms with Crippen molar-refractivity contribution in [3.63, 3.8) is 0 Å². The number of likely N-dealkylation sites (N-methyl/N-ethyl adjacent to an activating group) is 2. The van der Waals surface area contributed by atoms with Crippen molar-refractivity contribution >= 4 is 54.6 Å². The monoisotopic (exact) mass is 824 g/mol. The summed E-state index contributed by atoms with van der Waals surface area (Å²) in [6, 6.07) is 2.95. The second-order valence-electron chi connectivity index (χ2n) is 8.21. The van der Waals surface area contributed by atoms with Gasteiger partial charge in [-0.15, -0.1) is 0 Å². The van der Waals surface area contributed by atoms with Crippen LogP contribution in [0.5, 0.6) is 0 Å². The fourth-order valence-corrected chi connectivity index (χ4v) is 5.52. The van der Waals surface area contributed by atoms with Gasteiger partial charge < -0.3 is 11.5 Å². The molecule has 1 radical (unpaired) electrons. The van der Waals surface area contributed by atoms with E-state index in [9.17, 15) is 20.2 Å². The van der Waals surface area contributed by atoms with E-state index < -0.39 is 9.85 Å². The van der Waals surface area contributed by atoms with Gasteiger partial charge >= 0.3 is 0 Å². The molecule has 0 bridgehead atoms. The maximum absolute atomic E-state index is 10.9. The van der Waals surface area contributed by atoms with Crippen molar-refractivity contribution in [3.05, 3.63) is 69.3 Å². The van der Waals surface area contributed by atoms with Gasteiger partial charge in [-0.25, -0.2) is 0 Å². The topological polar surface area (TPSA) is 143 Å². The third kappa shape index (κ3) is 6.73. The van der Waals surface area contributed by atoms with Gasteiger partial charge in [0.25, 0.3) is 11.4 Å². The Morgan fingerprint density at radius 1 is 0.886 bits per heavy atom. The molecular formula is C22H27AcBr2N6O4-. The van der Waals surface area contributed by atoms with E-state index >= 15 is 0 Å². The van der Waals surface area contributed by atoms with Gasteiger partial charge in [0, 0.05) is 91.3 Å². The number of benzene rings is 2. The van der Waals surface area contributed by atoms with Crippen LogP contribution in [-0.4, -0.2) is 45.8 Å². The molecule has 187 valence electrons. The van der Waals surface area contributed by atoms with Crippen LogP contribution in [0.25, 0.3) is 5.73 Å². The Balaban J connectivity index is 0.000000240. The first-order chi connectivity index (χ1) is 16.1. The van der Waals surface area contributed by atoms with Gasteiger partial charge in [0.1, 0.15) is 5.69 Å². The zero-order chi connectivity index (χ0) is 25.2. The van der Waals surface area contributed by atoms with E-state index in [1.807, 2.05) is 0 Å². The van der Waals surface area contributed by atoms with Crippen LogP contribution < -0.4 is 5.73 Å². The fraction of sp³-hybridized carbons (Fsp3) is 0.455. The number of rotatable bonds is 4. The first kappa shape index (κ1) is 30.4. The van der Waals surface area contributed by atoms with Gasteiger partial charge in [-0.05, 0) is 48.2 Å². The molecule has 0 unspecified atom stereocenters. The minimum atomic E-state index is -0.487. The molecule has 2 aromatic rings. The van der Waals surface area contributed by atoms with Crippen LogP contribution >= 0.6 is 31.9 Å². The van der Waals surface area contributed by atoms with Crippen LogP contribution in [0.1, 0.15) is 36.1 Å². The molecule has 2 aromatic carbocycles. The van der Waals surface area contributed by atoms with E-state index in [0.29, 0.717) is 12.1 Å². The van der Waals surface area contributed by atoms with E-state index in [-0.39, 0.29) is 61.1 Å². The molecule has 0 spiro atoms. The Kier molecular flexibility index (Phi) is 11.4. The van der Waals surface area contributed by atoms with Gasteiger partial charge in [-0.2, -0.15) is 0 Å². The number of nitrogen functional groups attached to an aromatic ring is 1. The molecular weight excluding hydrogens is 799 g/mol. The molecule has 2 aliphatic heterocycles. The van der Waals surface area contributed by atoms with Crippen molar-refractivity contribution in [2.45, 2.75) is 39.8 Å². The first-order valence-electron chi connectivity index (χ1n) is 11.0. The van der Waals surface area contributed by atoms with Gasteiger partial charge in [-0.1, -0.05) is 51.4 Å². The average molecular weight is 826 g/mol. The minimum Gasteiger partial charge on any atom is -0.693 e. The number of nitrogens with one attached hydrogen (secondary N) is 1. The smallest absolute Gasteiger partial charge is 0.293 e. The number of nitrogens with two attached hydrogens (primary N) is 1. The van der Waals surface area contributed by atoms with Gasteiger partial charge in [0.2, 0.25) is 0 Å². The zero-order valence-electron chi connectivity index (χ0n) is 19.6. The predicted molar refractivity (Wildman–Crippen MR) is 139 cm³/mol. The summed E-state index contributed by atoms with van der Waals surface area (Å²) in [5.74, 6) is 0. The number of hydrogen-bond acceptors (Lipinski definition) is 7. The summed E-state index contributed by atoms with van der Waals surface area (Å²) >= 11 is 6.78. The van der Waals surface area contributed by atoms with Crippen molar-refractivity contribution in [1.82, 2.24) is 9.80 Å². The van der Waals surface area contributed by atoms with Crippen LogP contribution in [-0.2, 0) is 25.9 Å². The molecule has 0 atom stereocenters. The summed E-state index contributed by atoms with van der Waals surface area (Å²) in [6.45, 7) is 9.45. The molecule has 3 N–H and O–H groups in total. The van der Waals surface area contributed by atoms with Gasteiger partial charge in [0.15, 0.2) is 0 Å². The van der Waals surface area contributed by atoms with E-state index in [1.165, 1.54) is 12.1 Å². The maximum Gasteiger partial charge on any atom is 0.293 e. The molecule has 2 heterocycles. The number of anilines is 1. The second kappa shape index (κ2) is 13.1. The second-order valence-corrected chi connectivity index (χ2v) is 9.92. The molecule has 4 rings (SSSR count). The van der Waals surface area contributed by atoms with E-state index in [4.69, 9.17) is 11.5 Å². The molecule has 13 heteroatoms. The quantitative estimate of drug-likeness (QED) is 0.236. The summed E-state index contributed by atoms with van der Waals surface area (Å²) < 4.78 is 1.53. The zero-order valence-corrected chi connectivity index (χ0v) is 27.6. The van der Waals surface area contributed by atoms with Crippen molar-refractivity contribution in [3.8, 4) is 0 Å². The molecule has 0 fully saturated rings. The van der Waals surface area contributed by atoms with E-state index in [2.05, 4.69) is 55.5 Å². The van der Waals surface area contributed by atoms with E-state index in [0.717, 1.165) is 76.9 Å². The molecule has 2 aliphatic rings. The van der Waals surface area contributed by atoms with E-state index in [1.54, 1.807) is 0 Å². The third-order valence-corrected chi connectivity index (χ3v) is 7.81. The number of nitro benzene ring substituents is 2. The maximum atomic E-state index is 10.9. The Hall–Kier alpha value is -0.838. The Morgan fingerprint density at radius 2 is 1.31 bits per heavy atom. The largest absolute Gasteiger partial charge is 0.693 e. The molecule has 35 heavy (non-hydrogen) atoms. The minimum absolute atomic E-state index is 0. The summed E-state index contributed by atoms with van der Waals surface area (Å²) in [4.78, 5) is 25.4. The number of halogens is 2. The fourth-order valence-electron chi connectivity index (χ4n) is 4.36. The predicted octanol–water partition coefficient (Wildman–Crippen LogP) is 5.74. The molecule has 0 aromatic heterocycles. The third-order valence-electron chi connectivity index (χ3n) is 6.40. The van der Waals surface area contributed by atoms with Crippen LogP contribution in [0.3, 0.4) is 0 Å². The van der Waals surface area contributed by atoms with Crippen molar-refractivity contribution in [1.29, 1.82) is 0 Å². The molecule has 0 saturated carbocycles. The van der Waals surface area contributed by atoms with Gasteiger partial charge in [0.05, 0.1) is 9.85 Å². The number of nitrogens with zero attached hydrogens (tertiary/aromatic N) is 4. The Morgan fingerprint density at radius 3 is 1.77 bits per heavy atom. The van der Waals surface area contributed by atoms with Gasteiger partial charge in [-0.3, -0.25) is 30.0 Å². The molecule has 0 saturated heterocycles. The normalized spacial score (nSPS) is 15.2. The Bertz CT molecular complexity index is 1050. The van der Waals surface area contributed by atoms with Crippen molar-refractivity contribution in [2.75, 3.05) is 31.9 Å². The van der Waals surface area contributed by atoms with Crippen LogP contribution in [0.15, 0.2) is 21.1 Å². The first-order valence-corrected chi connectivity index (χ1v) is 12.6. The number of hydrogen-bond donors (Lipinski definition) is 1. The average Bonchev–Trinajstić information content (AvgIpc) is 2.83. The van der Waals surface area contributed by atoms with Crippen LogP contribution in [0.2, 0.25) is 0 Å². The summed E-state index contributed by atoms with van der Waals surface area (Å²) in [5, 5.41) is 21.7. The summed E-state index contributed by atoms with van der Waals surface area (Å²) in [5.41, 5.74) is 17.9. The summed E-state index contributed by atoms with van der Waals surface area (Å²) in [7, 11) is 0.